The summed E-state index contributed by atoms with van der Waals surface area (Å²) in [7, 11) is 0. The van der Waals surface area contributed by atoms with Crippen LogP contribution in [0.4, 0.5) is 5.69 Å². The molecule has 0 fully saturated rings. The molecule has 1 heterocycles. The molecule has 1 aromatic carbocycles. The summed E-state index contributed by atoms with van der Waals surface area (Å²) >= 11 is 0. The third kappa shape index (κ3) is 3.17. The molecule has 108 valence electrons. The number of fused-ring (bicyclic) bond motifs is 1. The summed E-state index contributed by atoms with van der Waals surface area (Å²) in [5.74, 6) is -0.980. The van der Waals surface area contributed by atoms with Gasteiger partial charge in [-0.25, -0.2) is 0 Å². The molecule has 0 saturated carbocycles. The highest BCUT2D eigenvalue weighted by molar-refractivity contribution is 5.96. The lowest BCUT2D eigenvalue weighted by Gasteiger charge is -2.17. The topological polar surface area (TPSA) is 66.8 Å². The SMILES string of the molecule is CCOCCC(=O)N1CC(CC(=O)O)c2ccccc21. The number of carbonyl (C=O) groups is 2. The monoisotopic (exact) mass is 277 g/mol. The molecule has 20 heavy (non-hydrogen) atoms. The fourth-order valence-electron chi connectivity index (χ4n) is 2.56. The molecule has 0 bridgehead atoms. The van der Waals surface area contributed by atoms with Gasteiger partial charge in [0.15, 0.2) is 0 Å². The van der Waals surface area contributed by atoms with E-state index in [1.807, 2.05) is 31.2 Å². The van der Waals surface area contributed by atoms with Gasteiger partial charge in [0.25, 0.3) is 0 Å². The van der Waals surface area contributed by atoms with Crippen LogP contribution < -0.4 is 4.90 Å². The lowest BCUT2D eigenvalue weighted by molar-refractivity contribution is -0.137. The van der Waals surface area contributed by atoms with E-state index < -0.39 is 5.97 Å². The average molecular weight is 277 g/mol. The van der Waals surface area contributed by atoms with Crippen molar-refractivity contribution in [3.8, 4) is 0 Å². The highest BCUT2D eigenvalue weighted by Crippen LogP contribution is 2.38. The number of amides is 1. The molecule has 2 rings (SSSR count). The number of carboxylic acids is 1. The number of carboxylic acid groups (broad SMARTS) is 1. The Morgan fingerprint density at radius 3 is 2.85 bits per heavy atom. The summed E-state index contributed by atoms with van der Waals surface area (Å²) in [6.07, 6.45) is 0.369. The largest absolute Gasteiger partial charge is 0.481 e. The first-order chi connectivity index (χ1) is 9.63. The molecule has 0 saturated heterocycles. The maximum absolute atomic E-state index is 12.2. The second kappa shape index (κ2) is 6.52. The molecule has 1 atom stereocenters. The van der Waals surface area contributed by atoms with Crippen molar-refractivity contribution in [3.05, 3.63) is 29.8 Å². The molecule has 0 aliphatic carbocycles. The van der Waals surface area contributed by atoms with E-state index >= 15 is 0 Å². The summed E-state index contributed by atoms with van der Waals surface area (Å²) in [6, 6.07) is 7.52. The Morgan fingerprint density at radius 1 is 1.40 bits per heavy atom. The fourth-order valence-corrected chi connectivity index (χ4v) is 2.56. The minimum atomic E-state index is -0.839. The Bertz CT molecular complexity index is 500. The van der Waals surface area contributed by atoms with Crippen molar-refractivity contribution in [2.24, 2.45) is 0 Å². The van der Waals surface area contributed by atoms with E-state index in [4.69, 9.17) is 9.84 Å². The van der Waals surface area contributed by atoms with E-state index in [1.54, 1.807) is 4.90 Å². The summed E-state index contributed by atoms with van der Waals surface area (Å²) in [6.45, 7) is 3.32. The Balaban J connectivity index is 2.12. The quantitative estimate of drug-likeness (QED) is 0.808. The molecule has 5 nitrogen and oxygen atoms in total. The number of benzene rings is 1. The van der Waals surface area contributed by atoms with Gasteiger partial charge >= 0.3 is 5.97 Å². The van der Waals surface area contributed by atoms with Crippen molar-refractivity contribution in [1.29, 1.82) is 0 Å². The molecule has 0 aromatic heterocycles. The zero-order chi connectivity index (χ0) is 14.5. The number of hydrogen-bond acceptors (Lipinski definition) is 3. The molecule has 1 aromatic rings. The summed E-state index contributed by atoms with van der Waals surface area (Å²) < 4.78 is 5.20. The molecule has 1 unspecified atom stereocenters. The van der Waals surface area contributed by atoms with E-state index in [0.717, 1.165) is 11.3 Å². The second-order valence-electron chi connectivity index (χ2n) is 4.80. The van der Waals surface area contributed by atoms with Crippen LogP contribution in [0.15, 0.2) is 24.3 Å². The van der Waals surface area contributed by atoms with Crippen LogP contribution in [0.5, 0.6) is 0 Å². The number of nitrogens with zero attached hydrogens (tertiary/aromatic N) is 1. The van der Waals surface area contributed by atoms with Gasteiger partial charge in [0.05, 0.1) is 19.4 Å². The van der Waals surface area contributed by atoms with E-state index in [1.165, 1.54) is 0 Å². The summed E-state index contributed by atoms with van der Waals surface area (Å²) in [5, 5.41) is 8.97. The molecule has 1 amide bonds. The Hall–Kier alpha value is -1.88. The van der Waals surface area contributed by atoms with Gasteiger partial charge in [0.2, 0.25) is 5.91 Å². The van der Waals surface area contributed by atoms with Crippen molar-refractivity contribution in [1.82, 2.24) is 0 Å². The van der Waals surface area contributed by atoms with Gasteiger partial charge in [-0.05, 0) is 18.6 Å². The van der Waals surface area contributed by atoms with E-state index in [9.17, 15) is 9.59 Å². The molecule has 0 radical (unpaired) electrons. The number of anilines is 1. The molecular weight excluding hydrogens is 258 g/mol. The van der Waals surface area contributed by atoms with Crippen LogP contribution in [0.1, 0.15) is 31.2 Å². The minimum absolute atomic E-state index is 0.0150. The van der Waals surface area contributed by atoms with Crippen LogP contribution in [0.25, 0.3) is 0 Å². The van der Waals surface area contributed by atoms with Gasteiger partial charge in [-0.2, -0.15) is 0 Å². The molecule has 1 aliphatic heterocycles. The van der Waals surface area contributed by atoms with Crippen LogP contribution in [0, 0.1) is 0 Å². The summed E-state index contributed by atoms with van der Waals surface area (Å²) in [4.78, 5) is 24.8. The number of aliphatic carboxylic acids is 1. The molecule has 0 spiro atoms. The van der Waals surface area contributed by atoms with Gasteiger partial charge in [-0.15, -0.1) is 0 Å². The first kappa shape index (κ1) is 14.5. The number of ether oxygens (including phenoxy) is 1. The molecular formula is C15H19NO4. The normalized spacial score (nSPS) is 17.1. The molecule has 5 heteroatoms. The number of rotatable bonds is 6. The zero-order valence-electron chi connectivity index (χ0n) is 11.5. The van der Waals surface area contributed by atoms with E-state index in [0.29, 0.717) is 26.2 Å². The van der Waals surface area contributed by atoms with Crippen molar-refractivity contribution in [2.45, 2.75) is 25.7 Å². The van der Waals surface area contributed by atoms with Crippen molar-refractivity contribution in [2.75, 3.05) is 24.7 Å². The minimum Gasteiger partial charge on any atom is -0.481 e. The first-order valence-electron chi connectivity index (χ1n) is 6.82. The smallest absolute Gasteiger partial charge is 0.304 e. The van der Waals surface area contributed by atoms with Gasteiger partial charge in [-0.1, -0.05) is 18.2 Å². The van der Waals surface area contributed by atoms with Crippen LogP contribution >= 0.6 is 0 Å². The predicted octanol–water partition coefficient (Wildman–Crippen LogP) is 2.02. The van der Waals surface area contributed by atoms with Crippen molar-refractivity contribution in [3.63, 3.8) is 0 Å². The third-order valence-corrected chi connectivity index (χ3v) is 3.46. The van der Waals surface area contributed by atoms with Crippen molar-refractivity contribution < 1.29 is 19.4 Å². The van der Waals surface area contributed by atoms with Crippen molar-refractivity contribution >= 4 is 17.6 Å². The van der Waals surface area contributed by atoms with Gasteiger partial charge in [-0.3, -0.25) is 9.59 Å². The highest BCUT2D eigenvalue weighted by Gasteiger charge is 2.32. The number of hydrogen-bond donors (Lipinski definition) is 1. The average Bonchev–Trinajstić information content (AvgIpc) is 2.78. The zero-order valence-corrected chi connectivity index (χ0v) is 11.5. The maximum Gasteiger partial charge on any atom is 0.304 e. The Morgan fingerprint density at radius 2 is 2.15 bits per heavy atom. The maximum atomic E-state index is 12.2. The van der Waals surface area contributed by atoms with Crippen LogP contribution in [0.3, 0.4) is 0 Å². The highest BCUT2D eigenvalue weighted by atomic mass is 16.5. The van der Waals surface area contributed by atoms with Gasteiger partial charge in [0, 0.05) is 24.8 Å². The van der Waals surface area contributed by atoms with Crippen LogP contribution in [-0.4, -0.2) is 36.7 Å². The fraction of sp³-hybridized carbons (Fsp3) is 0.467. The second-order valence-corrected chi connectivity index (χ2v) is 4.80. The Kier molecular flexibility index (Phi) is 4.74. The lowest BCUT2D eigenvalue weighted by Crippen LogP contribution is -2.30. The van der Waals surface area contributed by atoms with E-state index in [2.05, 4.69) is 0 Å². The van der Waals surface area contributed by atoms with E-state index in [-0.39, 0.29) is 18.2 Å². The van der Waals surface area contributed by atoms with Crippen LogP contribution in [0.2, 0.25) is 0 Å². The summed E-state index contributed by atoms with van der Waals surface area (Å²) in [5.41, 5.74) is 1.78. The Labute approximate surface area is 118 Å². The number of carbonyl (C=O) groups excluding carboxylic acids is 1. The number of para-hydroxylation sites is 1. The first-order valence-corrected chi connectivity index (χ1v) is 6.82. The third-order valence-electron chi connectivity index (χ3n) is 3.46. The predicted molar refractivity (Wildman–Crippen MR) is 74.9 cm³/mol. The standard InChI is InChI=1S/C15H19NO4/c1-2-20-8-7-14(17)16-10-11(9-15(18)19)12-5-3-4-6-13(12)16/h3-6,11H,2,7-10H2,1H3,(H,18,19). The van der Waals surface area contributed by atoms with Gasteiger partial charge < -0.3 is 14.7 Å². The lowest BCUT2D eigenvalue weighted by atomic mass is 9.98. The van der Waals surface area contributed by atoms with Gasteiger partial charge in [0.1, 0.15) is 0 Å². The molecule has 1 N–H and O–H groups in total. The van der Waals surface area contributed by atoms with Crippen LogP contribution in [-0.2, 0) is 14.3 Å². The molecule has 1 aliphatic rings.